The van der Waals surface area contributed by atoms with Gasteiger partial charge in [0, 0.05) is 22.8 Å². The number of carbonyl (C=O) groups is 1. The van der Waals surface area contributed by atoms with Crippen LogP contribution in [0.25, 0.3) is 0 Å². The number of anilines is 1. The lowest BCUT2D eigenvalue weighted by Gasteiger charge is -2.08. The largest absolute Gasteiger partial charge is 0.497 e. The van der Waals surface area contributed by atoms with Crippen LogP contribution < -0.4 is 14.8 Å². The van der Waals surface area contributed by atoms with E-state index in [-0.39, 0.29) is 5.91 Å². The van der Waals surface area contributed by atoms with Crippen molar-refractivity contribution in [2.45, 2.75) is 5.75 Å². The first-order valence-electron chi connectivity index (χ1n) is 6.14. The van der Waals surface area contributed by atoms with E-state index in [9.17, 15) is 4.79 Å². The maximum absolute atomic E-state index is 12.3. The zero-order valence-corrected chi connectivity index (χ0v) is 13.6. The number of nitrogens with zero attached hydrogens (tertiary/aromatic N) is 1. The van der Waals surface area contributed by atoms with Crippen LogP contribution in [0.1, 0.15) is 16.1 Å². The second kappa shape index (κ2) is 7.33. The molecular formula is C14H16N2O3S2. The minimum atomic E-state index is -0.239. The van der Waals surface area contributed by atoms with Crippen LogP contribution in [0.2, 0.25) is 0 Å². The van der Waals surface area contributed by atoms with Gasteiger partial charge in [-0.1, -0.05) is 0 Å². The van der Waals surface area contributed by atoms with Crippen LogP contribution in [-0.2, 0) is 5.75 Å². The Morgan fingerprint density at radius 1 is 1.29 bits per heavy atom. The van der Waals surface area contributed by atoms with Gasteiger partial charge >= 0.3 is 0 Å². The van der Waals surface area contributed by atoms with Gasteiger partial charge in [0.15, 0.2) is 5.13 Å². The van der Waals surface area contributed by atoms with Crippen LogP contribution in [-0.4, -0.2) is 31.4 Å². The predicted octanol–water partition coefficient (Wildman–Crippen LogP) is 3.28. The second-order valence-corrected chi connectivity index (χ2v) is 5.86. The molecule has 0 saturated carbocycles. The third-order valence-electron chi connectivity index (χ3n) is 2.68. The van der Waals surface area contributed by atoms with Crippen molar-refractivity contribution in [3.63, 3.8) is 0 Å². The van der Waals surface area contributed by atoms with E-state index < -0.39 is 0 Å². The normalized spacial score (nSPS) is 10.2. The van der Waals surface area contributed by atoms with Crippen molar-refractivity contribution in [2.75, 3.05) is 25.8 Å². The Morgan fingerprint density at radius 2 is 1.95 bits per heavy atom. The van der Waals surface area contributed by atoms with E-state index in [1.807, 2.05) is 11.6 Å². The number of nitrogens with one attached hydrogen (secondary N) is 1. The average Bonchev–Trinajstić information content (AvgIpc) is 2.94. The van der Waals surface area contributed by atoms with Crippen molar-refractivity contribution in [3.05, 3.63) is 34.8 Å². The van der Waals surface area contributed by atoms with Gasteiger partial charge in [0.1, 0.15) is 11.5 Å². The molecule has 5 nitrogen and oxygen atoms in total. The third kappa shape index (κ3) is 4.12. The van der Waals surface area contributed by atoms with Crippen molar-refractivity contribution < 1.29 is 14.3 Å². The highest BCUT2D eigenvalue weighted by atomic mass is 32.2. The molecule has 0 atom stereocenters. The zero-order valence-electron chi connectivity index (χ0n) is 12.0. The van der Waals surface area contributed by atoms with Gasteiger partial charge in [-0.3, -0.25) is 10.1 Å². The number of methoxy groups -OCH3 is 2. The minimum Gasteiger partial charge on any atom is -0.497 e. The molecule has 0 unspecified atom stereocenters. The molecule has 1 heterocycles. The number of aromatic nitrogens is 1. The average molecular weight is 324 g/mol. The summed E-state index contributed by atoms with van der Waals surface area (Å²) >= 11 is 3.11. The number of thioether (sulfide) groups is 1. The van der Waals surface area contributed by atoms with Crippen molar-refractivity contribution in [1.29, 1.82) is 0 Å². The van der Waals surface area contributed by atoms with Crippen LogP contribution >= 0.6 is 23.1 Å². The minimum absolute atomic E-state index is 0.239. The van der Waals surface area contributed by atoms with Gasteiger partial charge in [-0.25, -0.2) is 4.98 Å². The van der Waals surface area contributed by atoms with Crippen LogP contribution in [0, 0.1) is 0 Å². The first-order valence-corrected chi connectivity index (χ1v) is 8.41. The molecule has 0 fully saturated rings. The predicted molar refractivity (Wildman–Crippen MR) is 86.8 cm³/mol. The van der Waals surface area contributed by atoms with E-state index in [4.69, 9.17) is 9.47 Å². The first kappa shape index (κ1) is 15.7. The fourth-order valence-corrected chi connectivity index (χ4v) is 2.94. The van der Waals surface area contributed by atoms with Gasteiger partial charge < -0.3 is 9.47 Å². The maximum Gasteiger partial charge on any atom is 0.257 e. The van der Waals surface area contributed by atoms with Gasteiger partial charge in [-0.15, -0.1) is 11.3 Å². The van der Waals surface area contributed by atoms with E-state index in [0.29, 0.717) is 22.2 Å². The van der Waals surface area contributed by atoms with Crippen LogP contribution in [0.4, 0.5) is 5.13 Å². The molecule has 0 aliphatic heterocycles. The molecule has 112 valence electrons. The van der Waals surface area contributed by atoms with E-state index >= 15 is 0 Å². The summed E-state index contributed by atoms with van der Waals surface area (Å²) in [6.07, 6.45) is 2.01. The highest BCUT2D eigenvalue weighted by Gasteiger charge is 2.12. The number of rotatable bonds is 6. The lowest BCUT2D eigenvalue weighted by molar-refractivity contribution is 0.102. The third-order valence-corrected chi connectivity index (χ3v) is 4.07. The quantitative estimate of drug-likeness (QED) is 0.883. The van der Waals surface area contributed by atoms with Gasteiger partial charge in [0.25, 0.3) is 5.91 Å². The van der Waals surface area contributed by atoms with Crippen molar-refractivity contribution in [1.82, 2.24) is 4.98 Å². The summed E-state index contributed by atoms with van der Waals surface area (Å²) in [6, 6.07) is 5.04. The number of benzene rings is 1. The highest BCUT2D eigenvalue weighted by molar-refractivity contribution is 7.97. The molecule has 0 saturated heterocycles. The fourth-order valence-electron chi connectivity index (χ4n) is 1.69. The van der Waals surface area contributed by atoms with Crippen LogP contribution in [0.3, 0.4) is 0 Å². The molecule has 0 spiro atoms. The fraction of sp³-hybridized carbons (Fsp3) is 0.286. The maximum atomic E-state index is 12.3. The van der Waals surface area contributed by atoms with Crippen molar-refractivity contribution in [2.24, 2.45) is 0 Å². The molecule has 0 aliphatic rings. The summed E-state index contributed by atoms with van der Waals surface area (Å²) in [4.78, 5) is 16.6. The number of ether oxygens (including phenoxy) is 2. The molecule has 21 heavy (non-hydrogen) atoms. The lowest BCUT2D eigenvalue weighted by atomic mass is 10.2. The summed E-state index contributed by atoms with van der Waals surface area (Å²) in [5, 5.41) is 5.32. The smallest absolute Gasteiger partial charge is 0.257 e. The topological polar surface area (TPSA) is 60.5 Å². The molecule has 0 bridgehead atoms. The lowest BCUT2D eigenvalue weighted by Crippen LogP contribution is -2.12. The van der Waals surface area contributed by atoms with Crippen molar-refractivity contribution in [3.8, 4) is 11.5 Å². The first-order chi connectivity index (χ1) is 10.2. The van der Waals surface area contributed by atoms with Crippen LogP contribution in [0.5, 0.6) is 11.5 Å². The van der Waals surface area contributed by atoms with E-state index in [0.717, 1.165) is 11.4 Å². The molecule has 1 aromatic heterocycles. The highest BCUT2D eigenvalue weighted by Crippen LogP contribution is 2.24. The standard InChI is InChI=1S/C14H16N2O3S2/c1-18-11-4-9(5-12(6-11)19-2)13(17)16-14-15-10(7-20-3)8-21-14/h4-6,8H,7H2,1-3H3,(H,15,16,17). The molecule has 1 N–H and O–H groups in total. The zero-order chi connectivity index (χ0) is 15.2. The van der Waals surface area contributed by atoms with Crippen molar-refractivity contribution >= 4 is 34.1 Å². The van der Waals surface area contributed by atoms with Gasteiger partial charge in [0.05, 0.1) is 19.9 Å². The van der Waals surface area contributed by atoms with Gasteiger partial charge in [0.2, 0.25) is 0 Å². The SMILES string of the molecule is COc1cc(OC)cc(C(=O)Nc2nc(CSC)cs2)c1. The Balaban J connectivity index is 2.15. The molecule has 2 aromatic rings. The van der Waals surface area contributed by atoms with Gasteiger partial charge in [-0.2, -0.15) is 11.8 Å². The summed E-state index contributed by atoms with van der Waals surface area (Å²) in [6.45, 7) is 0. The Hall–Kier alpha value is -1.73. The van der Waals surface area contributed by atoms with Gasteiger partial charge in [-0.05, 0) is 18.4 Å². The Morgan fingerprint density at radius 3 is 2.52 bits per heavy atom. The Kier molecular flexibility index (Phi) is 5.46. The number of thiazole rings is 1. The summed E-state index contributed by atoms with van der Waals surface area (Å²) in [7, 11) is 3.10. The number of hydrogen-bond acceptors (Lipinski definition) is 6. The van der Waals surface area contributed by atoms with Crippen LogP contribution in [0.15, 0.2) is 23.6 Å². The number of hydrogen-bond donors (Lipinski definition) is 1. The molecule has 2 rings (SSSR count). The van der Waals surface area contributed by atoms with E-state index in [1.54, 1.807) is 44.2 Å². The Bertz CT molecular complexity index is 606. The summed E-state index contributed by atoms with van der Waals surface area (Å²) in [5.74, 6) is 1.74. The summed E-state index contributed by atoms with van der Waals surface area (Å²) in [5.41, 5.74) is 1.43. The second-order valence-electron chi connectivity index (χ2n) is 4.13. The number of amides is 1. The number of carbonyl (C=O) groups excluding carboxylic acids is 1. The molecule has 0 aliphatic carbocycles. The molecular weight excluding hydrogens is 308 g/mol. The van der Waals surface area contributed by atoms with E-state index in [2.05, 4.69) is 10.3 Å². The molecule has 1 aromatic carbocycles. The molecule has 7 heteroatoms. The summed E-state index contributed by atoms with van der Waals surface area (Å²) < 4.78 is 10.3. The van der Waals surface area contributed by atoms with E-state index in [1.165, 1.54) is 11.3 Å². The monoisotopic (exact) mass is 324 g/mol. The Labute approximate surface area is 131 Å². The molecule has 0 radical (unpaired) electrons. The molecule has 1 amide bonds.